The summed E-state index contributed by atoms with van der Waals surface area (Å²) in [6.07, 6.45) is 4.96. The first-order valence-electron chi connectivity index (χ1n) is 7.76. The van der Waals surface area contributed by atoms with Gasteiger partial charge in [0.15, 0.2) is 0 Å². The van der Waals surface area contributed by atoms with Crippen LogP contribution < -0.4 is 5.32 Å². The Balaban J connectivity index is 1.89. The number of hydrogen-bond donors (Lipinski definition) is 1. The molecular weight excluding hydrogens is 240 g/mol. The normalized spacial score (nSPS) is 20.9. The van der Waals surface area contributed by atoms with Gasteiger partial charge in [-0.05, 0) is 38.5 Å². The minimum absolute atomic E-state index is 0.0798. The molecule has 0 amide bonds. The van der Waals surface area contributed by atoms with Crippen LogP contribution in [-0.2, 0) is 9.53 Å². The number of esters is 1. The van der Waals surface area contributed by atoms with Gasteiger partial charge in [0.1, 0.15) is 6.04 Å². The molecule has 110 valence electrons. The van der Waals surface area contributed by atoms with Crippen LogP contribution in [0.25, 0.3) is 0 Å². The molecule has 19 heavy (non-hydrogen) atoms. The monoisotopic (exact) mass is 268 g/mol. The Hall–Kier alpha value is -0.610. The van der Waals surface area contributed by atoms with Crippen molar-refractivity contribution in [1.82, 2.24) is 10.2 Å². The average Bonchev–Trinajstić information content (AvgIpc) is 3.20. The maximum atomic E-state index is 12.1. The molecule has 1 unspecified atom stereocenters. The molecule has 0 bridgehead atoms. The molecular formula is C15H28N2O2. The minimum atomic E-state index is -0.146. The van der Waals surface area contributed by atoms with Gasteiger partial charge in [0.2, 0.25) is 0 Å². The summed E-state index contributed by atoms with van der Waals surface area (Å²) in [5.41, 5.74) is 0. The van der Waals surface area contributed by atoms with E-state index >= 15 is 0 Å². The van der Waals surface area contributed by atoms with Gasteiger partial charge >= 0.3 is 5.97 Å². The van der Waals surface area contributed by atoms with E-state index in [0.717, 1.165) is 13.1 Å². The Morgan fingerprint density at radius 1 is 1.26 bits per heavy atom. The number of nitrogens with zero attached hydrogens (tertiary/aromatic N) is 1. The van der Waals surface area contributed by atoms with E-state index in [1.54, 1.807) is 0 Å². The summed E-state index contributed by atoms with van der Waals surface area (Å²) >= 11 is 0. The fourth-order valence-electron chi connectivity index (χ4n) is 2.49. The van der Waals surface area contributed by atoms with Crippen LogP contribution in [0.1, 0.15) is 46.5 Å². The standard InChI is InChI=1S/C15H28N2O2/c1-4-19-15(18)14(16-12-5-6-12)10-17(9-11(2)3)13-7-8-13/h11-14,16H,4-10H2,1-3H3. The lowest BCUT2D eigenvalue weighted by Crippen LogP contribution is -2.49. The molecule has 0 aromatic heterocycles. The summed E-state index contributed by atoms with van der Waals surface area (Å²) in [6, 6.07) is 1.08. The largest absolute Gasteiger partial charge is 0.465 e. The summed E-state index contributed by atoms with van der Waals surface area (Å²) in [6.45, 7) is 8.70. The van der Waals surface area contributed by atoms with Crippen LogP contribution in [0.2, 0.25) is 0 Å². The maximum Gasteiger partial charge on any atom is 0.324 e. The molecule has 4 nitrogen and oxygen atoms in total. The van der Waals surface area contributed by atoms with E-state index in [1.807, 2.05) is 6.92 Å². The van der Waals surface area contributed by atoms with Gasteiger partial charge in [-0.2, -0.15) is 0 Å². The average molecular weight is 268 g/mol. The predicted molar refractivity (Wildman–Crippen MR) is 76.0 cm³/mol. The van der Waals surface area contributed by atoms with Gasteiger partial charge in [-0.15, -0.1) is 0 Å². The molecule has 2 aliphatic carbocycles. The summed E-state index contributed by atoms with van der Waals surface area (Å²) in [5, 5.41) is 3.45. The second-order valence-electron chi connectivity index (χ2n) is 6.32. The molecule has 1 atom stereocenters. The molecule has 0 spiro atoms. The first-order valence-corrected chi connectivity index (χ1v) is 7.76. The van der Waals surface area contributed by atoms with Gasteiger partial charge in [0.05, 0.1) is 6.61 Å². The van der Waals surface area contributed by atoms with Crippen molar-refractivity contribution in [2.45, 2.75) is 64.6 Å². The van der Waals surface area contributed by atoms with Crippen molar-refractivity contribution >= 4 is 5.97 Å². The van der Waals surface area contributed by atoms with E-state index < -0.39 is 0 Å². The molecule has 0 heterocycles. The molecule has 2 saturated carbocycles. The lowest BCUT2D eigenvalue weighted by Gasteiger charge is -2.28. The lowest BCUT2D eigenvalue weighted by molar-refractivity contribution is -0.146. The van der Waals surface area contributed by atoms with E-state index in [4.69, 9.17) is 4.74 Å². The highest BCUT2D eigenvalue weighted by molar-refractivity contribution is 5.76. The smallest absolute Gasteiger partial charge is 0.324 e. The van der Waals surface area contributed by atoms with Gasteiger partial charge in [-0.25, -0.2) is 0 Å². The molecule has 0 aromatic rings. The molecule has 2 fully saturated rings. The number of hydrogen-bond acceptors (Lipinski definition) is 4. The SMILES string of the molecule is CCOC(=O)C(CN(CC(C)C)C1CC1)NC1CC1. The molecule has 2 aliphatic rings. The molecule has 2 rings (SSSR count). The van der Waals surface area contributed by atoms with E-state index in [2.05, 4.69) is 24.1 Å². The van der Waals surface area contributed by atoms with Gasteiger partial charge in [0, 0.05) is 25.2 Å². The third-order valence-corrected chi connectivity index (χ3v) is 3.67. The zero-order chi connectivity index (χ0) is 13.8. The molecule has 0 aliphatic heterocycles. The number of rotatable bonds is 9. The Morgan fingerprint density at radius 3 is 2.42 bits per heavy atom. The first-order chi connectivity index (χ1) is 9.10. The van der Waals surface area contributed by atoms with Crippen LogP contribution in [0.3, 0.4) is 0 Å². The fraction of sp³-hybridized carbons (Fsp3) is 0.933. The number of carbonyl (C=O) groups excluding carboxylic acids is 1. The highest BCUT2D eigenvalue weighted by Crippen LogP contribution is 2.28. The summed E-state index contributed by atoms with van der Waals surface area (Å²) < 4.78 is 5.21. The van der Waals surface area contributed by atoms with Crippen LogP contribution in [0.5, 0.6) is 0 Å². The molecule has 0 radical (unpaired) electrons. The summed E-state index contributed by atoms with van der Waals surface area (Å²) in [5.74, 6) is 0.563. The van der Waals surface area contributed by atoms with Crippen molar-refractivity contribution in [3.05, 3.63) is 0 Å². The molecule has 4 heteroatoms. The minimum Gasteiger partial charge on any atom is -0.465 e. The zero-order valence-electron chi connectivity index (χ0n) is 12.5. The Kier molecular flexibility index (Phi) is 5.22. The zero-order valence-corrected chi connectivity index (χ0v) is 12.5. The fourth-order valence-corrected chi connectivity index (χ4v) is 2.49. The van der Waals surface area contributed by atoms with Crippen molar-refractivity contribution < 1.29 is 9.53 Å². The topological polar surface area (TPSA) is 41.6 Å². The quantitative estimate of drug-likeness (QED) is 0.647. The number of nitrogens with one attached hydrogen (secondary N) is 1. The summed E-state index contributed by atoms with van der Waals surface area (Å²) in [7, 11) is 0. The van der Waals surface area contributed by atoms with E-state index in [9.17, 15) is 4.79 Å². The van der Waals surface area contributed by atoms with Gasteiger partial charge in [-0.3, -0.25) is 9.69 Å². The van der Waals surface area contributed by atoms with Crippen LogP contribution >= 0.6 is 0 Å². The van der Waals surface area contributed by atoms with Crippen molar-refractivity contribution in [2.24, 2.45) is 5.92 Å². The van der Waals surface area contributed by atoms with Gasteiger partial charge < -0.3 is 10.1 Å². The lowest BCUT2D eigenvalue weighted by atomic mass is 10.1. The Morgan fingerprint density at radius 2 is 1.95 bits per heavy atom. The number of carbonyl (C=O) groups is 1. The Bertz CT molecular complexity index is 299. The van der Waals surface area contributed by atoms with E-state index in [1.165, 1.54) is 25.7 Å². The van der Waals surface area contributed by atoms with E-state index in [-0.39, 0.29) is 12.0 Å². The van der Waals surface area contributed by atoms with Crippen LogP contribution in [0.4, 0.5) is 0 Å². The third kappa shape index (κ3) is 5.11. The second kappa shape index (κ2) is 6.71. The first kappa shape index (κ1) is 14.8. The van der Waals surface area contributed by atoms with Crippen LogP contribution in [0, 0.1) is 5.92 Å². The van der Waals surface area contributed by atoms with Gasteiger partial charge in [0.25, 0.3) is 0 Å². The van der Waals surface area contributed by atoms with Crippen molar-refractivity contribution in [2.75, 3.05) is 19.7 Å². The number of ether oxygens (including phenoxy) is 1. The van der Waals surface area contributed by atoms with Crippen molar-refractivity contribution in [3.8, 4) is 0 Å². The maximum absolute atomic E-state index is 12.1. The second-order valence-corrected chi connectivity index (χ2v) is 6.32. The molecule has 1 N–H and O–H groups in total. The third-order valence-electron chi connectivity index (χ3n) is 3.67. The van der Waals surface area contributed by atoms with Crippen LogP contribution in [0.15, 0.2) is 0 Å². The van der Waals surface area contributed by atoms with Crippen molar-refractivity contribution in [1.29, 1.82) is 0 Å². The van der Waals surface area contributed by atoms with Gasteiger partial charge in [-0.1, -0.05) is 13.8 Å². The predicted octanol–water partition coefficient (Wildman–Crippen LogP) is 1.79. The molecule has 0 saturated heterocycles. The Labute approximate surface area is 116 Å². The summed E-state index contributed by atoms with van der Waals surface area (Å²) in [4.78, 5) is 14.5. The van der Waals surface area contributed by atoms with Crippen molar-refractivity contribution in [3.63, 3.8) is 0 Å². The highest BCUT2D eigenvalue weighted by Gasteiger charge is 2.35. The highest BCUT2D eigenvalue weighted by atomic mass is 16.5. The van der Waals surface area contributed by atoms with E-state index in [0.29, 0.717) is 24.6 Å². The van der Waals surface area contributed by atoms with Crippen LogP contribution in [-0.4, -0.2) is 48.7 Å². The molecule has 0 aromatic carbocycles.